The van der Waals surface area contributed by atoms with Crippen LogP contribution in [0, 0.1) is 5.92 Å². The number of hydrogen-bond acceptors (Lipinski definition) is 7. The summed E-state index contributed by atoms with van der Waals surface area (Å²) in [6.45, 7) is 6.45. The van der Waals surface area contributed by atoms with Gasteiger partial charge in [-0.15, -0.1) is 0 Å². The number of amides is 1. The number of nitrogens with zero attached hydrogens (tertiary/aromatic N) is 6. The van der Waals surface area contributed by atoms with Crippen LogP contribution in [0.3, 0.4) is 0 Å². The van der Waals surface area contributed by atoms with Gasteiger partial charge in [-0.2, -0.15) is 0 Å². The van der Waals surface area contributed by atoms with E-state index in [0.29, 0.717) is 17.9 Å². The van der Waals surface area contributed by atoms with Crippen LogP contribution in [0.2, 0.25) is 0 Å². The van der Waals surface area contributed by atoms with Crippen LogP contribution in [0.5, 0.6) is 0 Å². The van der Waals surface area contributed by atoms with Crippen molar-refractivity contribution in [3.8, 4) is 0 Å². The van der Waals surface area contributed by atoms with Crippen LogP contribution in [-0.4, -0.2) is 67.2 Å². The normalized spacial score (nSPS) is 18.4. The molecule has 2 N–H and O–H groups in total. The summed E-state index contributed by atoms with van der Waals surface area (Å²) in [5.74, 6) is 1.76. The van der Waals surface area contributed by atoms with Crippen molar-refractivity contribution in [3.05, 3.63) is 40.6 Å². The SMILES string of the molecule is CCSc1nc2cc(Br)ccc2n1C1CCN(C(=O)C2CCN(Cc3cnc(N)nc3)CC2)CC1. The van der Waals surface area contributed by atoms with Gasteiger partial charge in [0.2, 0.25) is 11.9 Å². The lowest BCUT2D eigenvalue weighted by atomic mass is 9.93. The number of nitrogen functional groups attached to an aromatic ring is 1. The number of likely N-dealkylation sites (tertiary alicyclic amines) is 2. The molecule has 2 saturated heterocycles. The maximum atomic E-state index is 13.3. The maximum absolute atomic E-state index is 13.3. The summed E-state index contributed by atoms with van der Waals surface area (Å²) in [5.41, 5.74) is 8.87. The summed E-state index contributed by atoms with van der Waals surface area (Å²) < 4.78 is 3.47. The Hall–Kier alpha value is -2.17. The first-order valence-corrected chi connectivity index (χ1v) is 14.2. The molecule has 1 aromatic carbocycles. The van der Waals surface area contributed by atoms with Gasteiger partial charge >= 0.3 is 0 Å². The molecule has 0 aliphatic carbocycles. The number of thioether (sulfide) groups is 1. The standard InChI is InChI=1S/C25H32BrN7OS/c1-2-35-25-30-21-13-19(26)3-4-22(21)33(25)20-7-11-32(12-8-20)23(34)18-5-9-31(10-6-18)16-17-14-28-24(27)29-15-17/h3-4,13-15,18,20H,2,5-12,16H2,1H3,(H2,27,28,29). The molecule has 4 heterocycles. The summed E-state index contributed by atoms with van der Waals surface area (Å²) in [6, 6.07) is 6.72. The number of hydrogen-bond donors (Lipinski definition) is 1. The predicted molar refractivity (Wildman–Crippen MR) is 143 cm³/mol. The summed E-state index contributed by atoms with van der Waals surface area (Å²) in [4.78, 5) is 30.9. The van der Waals surface area contributed by atoms with Crippen LogP contribution in [0.1, 0.15) is 44.2 Å². The first kappa shape index (κ1) is 24.5. The molecule has 2 aliphatic heterocycles. The van der Waals surface area contributed by atoms with E-state index >= 15 is 0 Å². The smallest absolute Gasteiger partial charge is 0.225 e. The molecule has 186 valence electrons. The Morgan fingerprint density at radius 3 is 2.51 bits per heavy atom. The molecule has 0 unspecified atom stereocenters. The quantitative estimate of drug-likeness (QED) is 0.450. The number of anilines is 1. The average molecular weight is 559 g/mol. The second-order valence-electron chi connectivity index (χ2n) is 9.39. The van der Waals surface area contributed by atoms with Gasteiger partial charge in [-0.05, 0) is 62.7 Å². The molecular formula is C25H32BrN7OS. The van der Waals surface area contributed by atoms with Crippen molar-refractivity contribution in [1.82, 2.24) is 29.3 Å². The van der Waals surface area contributed by atoms with Crippen molar-refractivity contribution in [2.75, 3.05) is 37.7 Å². The molecule has 2 aromatic heterocycles. The Morgan fingerprint density at radius 2 is 1.83 bits per heavy atom. The molecule has 35 heavy (non-hydrogen) atoms. The van der Waals surface area contributed by atoms with E-state index in [1.54, 1.807) is 24.2 Å². The summed E-state index contributed by atoms with van der Waals surface area (Å²) >= 11 is 5.37. The van der Waals surface area contributed by atoms with Gasteiger partial charge in [0.25, 0.3) is 0 Å². The highest BCUT2D eigenvalue weighted by molar-refractivity contribution is 9.10. The predicted octanol–water partition coefficient (Wildman–Crippen LogP) is 4.36. The Morgan fingerprint density at radius 1 is 1.11 bits per heavy atom. The van der Waals surface area contributed by atoms with Crippen molar-refractivity contribution in [2.45, 2.75) is 50.4 Å². The van der Waals surface area contributed by atoms with Crippen LogP contribution < -0.4 is 5.73 Å². The molecule has 2 aliphatic rings. The molecule has 1 amide bonds. The average Bonchev–Trinajstić information content (AvgIpc) is 3.22. The number of fused-ring (bicyclic) bond motifs is 1. The zero-order chi connectivity index (χ0) is 24.4. The molecule has 8 nitrogen and oxygen atoms in total. The summed E-state index contributed by atoms with van der Waals surface area (Å²) in [6.07, 6.45) is 7.34. The largest absolute Gasteiger partial charge is 0.368 e. The van der Waals surface area contributed by atoms with E-state index in [9.17, 15) is 4.79 Å². The van der Waals surface area contributed by atoms with Gasteiger partial charge < -0.3 is 15.2 Å². The lowest BCUT2D eigenvalue weighted by Crippen LogP contribution is -2.45. The van der Waals surface area contributed by atoms with E-state index in [2.05, 4.69) is 65.4 Å². The molecule has 0 saturated carbocycles. The Bertz CT molecular complexity index is 1170. The minimum absolute atomic E-state index is 0.128. The number of benzene rings is 1. The van der Waals surface area contributed by atoms with Crippen LogP contribution in [-0.2, 0) is 11.3 Å². The molecular weight excluding hydrogens is 526 g/mol. The van der Waals surface area contributed by atoms with E-state index in [1.165, 1.54) is 5.52 Å². The number of halogens is 1. The third-order valence-corrected chi connectivity index (χ3v) is 8.43. The first-order valence-electron chi connectivity index (χ1n) is 12.4. The molecule has 3 aromatic rings. The highest BCUT2D eigenvalue weighted by atomic mass is 79.9. The number of carbonyl (C=O) groups excluding carboxylic acids is 1. The summed E-state index contributed by atoms with van der Waals surface area (Å²) in [7, 11) is 0. The topological polar surface area (TPSA) is 93.2 Å². The fourth-order valence-corrected chi connectivity index (χ4v) is 6.44. The van der Waals surface area contributed by atoms with Gasteiger partial charge in [0, 0.05) is 54.0 Å². The van der Waals surface area contributed by atoms with E-state index < -0.39 is 0 Å². The summed E-state index contributed by atoms with van der Waals surface area (Å²) in [5, 5.41) is 1.09. The van der Waals surface area contributed by atoms with Crippen LogP contribution in [0.4, 0.5) is 5.95 Å². The molecule has 0 atom stereocenters. The Labute approximate surface area is 218 Å². The van der Waals surface area contributed by atoms with E-state index in [4.69, 9.17) is 10.7 Å². The number of imidazole rings is 1. The Kier molecular flexibility index (Phi) is 7.59. The van der Waals surface area contributed by atoms with Crippen molar-refractivity contribution in [2.24, 2.45) is 5.92 Å². The van der Waals surface area contributed by atoms with Crippen molar-refractivity contribution < 1.29 is 4.79 Å². The van der Waals surface area contributed by atoms with Gasteiger partial charge in [0.05, 0.1) is 11.0 Å². The number of nitrogens with two attached hydrogens (primary N) is 1. The van der Waals surface area contributed by atoms with E-state index in [0.717, 1.165) is 84.9 Å². The minimum Gasteiger partial charge on any atom is -0.368 e. The van der Waals surface area contributed by atoms with Crippen molar-refractivity contribution >= 4 is 50.6 Å². The zero-order valence-electron chi connectivity index (χ0n) is 20.1. The first-order chi connectivity index (χ1) is 17.0. The van der Waals surface area contributed by atoms with Gasteiger partial charge in [-0.25, -0.2) is 15.0 Å². The zero-order valence-corrected chi connectivity index (χ0v) is 22.5. The van der Waals surface area contributed by atoms with E-state index in [1.807, 2.05) is 0 Å². The molecule has 0 spiro atoms. The van der Waals surface area contributed by atoms with Crippen LogP contribution in [0.25, 0.3) is 11.0 Å². The number of piperidine rings is 2. The van der Waals surface area contributed by atoms with Gasteiger partial charge in [0.1, 0.15) is 0 Å². The number of rotatable bonds is 6. The van der Waals surface area contributed by atoms with Gasteiger partial charge in [-0.1, -0.05) is 34.6 Å². The molecule has 10 heteroatoms. The second kappa shape index (κ2) is 10.8. The van der Waals surface area contributed by atoms with Crippen LogP contribution in [0.15, 0.2) is 40.2 Å². The van der Waals surface area contributed by atoms with Gasteiger partial charge in [0.15, 0.2) is 5.16 Å². The highest BCUT2D eigenvalue weighted by Gasteiger charge is 2.32. The van der Waals surface area contributed by atoms with Crippen LogP contribution >= 0.6 is 27.7 Å². The third-order valence-electron chi connectivity index (χ3n) is 7.10. The van der Waals surface area contributed by atoms with Gasteiger partial charge in [-0.3, -0.25) is 9.69 Å². The number of aromatic nitrogens is 4. The molecule has 5 rings (SSSR count). The number of carbonyl (C=O) groups is 1. The lowest BCUT2D eigenvalue weighted by Gasteiger charge is -2.38. The third kappa shape index (κ3) is 5.49. The Balaban J connectivity index is 1.17. The second-order valence-corrected chi connectivity index (χ2v) is 11.5. The fourth-order valence-electron chi connectivity index (χ4n) is 5.28. The van der Waals surface area contributed by atoms with E-state index in [-0.39, 0.29) is 5.92 Å². The van der Waals surface area contributed by atoms with Crippen molar-refractivity contribution in [1.29, 1.82) is 0 Å². The maximum Gasteiger partial charge on any atom is 0.225 e. The molecule has 0 bridgehead atoms. The van der Waals surface area contributed by atoms with Crippen molar-refractivity contribution in [3.63, 3.8) is 0 Å². The monoisotopic (exact) mass is 557 g/mol. The highest BCUT2D eigenvalue weighted by Crippen LogP contribution is 2.34. The molecule has 2 fully saturated rings. The fraction of sp³-hybridized carbons (Fsp3) is 0.520. The molecule has 0 radical (unpaired) electrons. The lowest BCUT2D eigenvalue weighted by molar-refractivity contribution is -0.138. The minimum atomic E-state index is 0.128.